The van der Waals surface area contributed by atoms with Gasteiger partial charge in [0.25, 0.3) is 0 Å². The van der Waals surface area contributed by atoms with Crippen LogP contribution in [0.25, 0.3) is 11.3 Å². The Kier molecular flexibility index (Phi) is 3.06. The van der Waals surface area contributed by atoms with E-state index in [1.807, 2.05) is 24.3 Å². The van der Waals surface area contributed by atoms with Crippen LogP contribution < -0.4 is 10.4 Å². The second-order valence-electron chi connectivity index (χ2n) is 4.52. The third-order valence-corrected chi connectivity index (χ3v) is 3.24. The van der Waals surface area contributed by atoms with Crippen LogP contribution in [-0.2, 0) is 14.3 Å². The van der Waals surface area contributed by atoms with Crippen LogP contribution in [0.15, 0.2) is 48.3 Å². The van der Waals surface area contributed by atoms with E-state index < -0.39 is 5.97 Å². The SMILES string of the molecule is CCOC(=O)C1=c2ccccc2=C2C=C(O)C=CC2O1. The number of carbonyl (C=O) groups is 1. The van der Waals surface area contributed by atoms with E-state index in [1.165, 1.54) is 0 Å². The molecule has 1 N–H and O–H groups in total. The number of aliphatic hydroxyl groups is 1. The number of aliphatic hydroxyl groups excluding tert-OH is 1. The van der Waals surface area contributed by atoms with Crippen LogP contribution in [0.3, 0.4) is 0 Å². The van der Waals surface area contributed by atoms with E-state index in [2.05, 4.69) is 0 Å². The van der Waals surface area contributed by atoms with Gasteiger partial charge in [-0.1, -0.05) is 24.3 Å². The first kappa shape index (κ1) is 12.5. The van der Waals surface area contributed by atoms with Gasteiger partial charge in [0, 0.05) is 10.8 Å². The van der Waals surface area contributed by atoms with Crippen molar-refractivity contribution in [2.45, 2.75) is 13.0 Å². The van der Waals surface area contributed by atoms with Gasteiger partial charge < -0.3 is 14.6 Å². The minimum Gasteiger partial charge on any atom is -0.508 e. The Labute approximate surface area is 115 Å². The topological polar surface area (TPSA) is 55.8 Å². The van der Waals surface area contributed by atoms with Gasteiger partial charge in [0.15, 0.2) is 0 Å². The molecular formula is C16H14O4. The molecule has 0 amide bonds. The van der Waals surface area contributed by atoms with E-state index in [-0.39, 0.29) is 17.6 Å². The zero-order valence-corrected chi connectivity index (χ0v) is 11.0. The van der Waals surface area contributed by atoms with Crippen molar-refractivity contribution < 1.29 is 19.4 Å². The van der Waals surface area contributed by atoms with E-state index in [4.69, 9.17) is 9.47 Å². The molecule has 1 aliphatic heterocycles. The number of allylic oxidation sites excluding steroid dienone is 1. The molecule has 102 valence electrons. The minimum atomic E-state index is -0.467. The molecule has 0 spiro atoms. The lowest BCUT2D eigenvalue weighted by Gasteiger charge is -2.24. The van der Waals surface area contributed by atoms with E-state index in [0.717, 1.165) is 10.8 Å². The van der Waals surface area contributed by atoms with Gasteiger partial charge in [0.05, 0.1) is 6.61 Å². The van der Waals surface area contributed by atoms with Crippen LogP contribution in [-0.4, -0.2) is 23.8 Å². The molecule has 20 heavy (non-hydrogen) atoms. The summed E-state index contributed by atoms with van der Waals surface area (Å²) in [4.78, 5) is 12.0. The van der Waals surface area contributed by atoms with Gasteiger partial charge in [-0.2, -0.15) is 0 Å². The van der Waals surface area contributed by atoms with Crippen LogP contribution in [0.2, 0.25) is 0 Å². The maximum atomic E-state index is 12.0. The van der Waals surface area contributed by atoms with Crippen LogP contribution in [0.4, 0.5) is 0 Å². The molecule has 4 nitrogen and oxygen atoms in total. The summed E-state index contributed by atoms with van der Waals surface area (Å²) in [7, 11) is 0. The quantitative estimate of drug-likeness (QED) is 0.812. The van der Waals surface area contributed by atoms with Crippen LogP contribution in [0.1, 0.15) is 6.92 Å². The molecule has 1 heterocycles. The van der Waals surface area contributed by atoms with Gasteiger partial charge in [-0.05, 0) is 30.4 Å². The van der Waals surface area contributed by atoms with Gasteiger partial charge in [0.2, 0.25) is 5.76 Å². The molecule has 4 heteroatoms. The normalized spacial score (nSPS) is 19.6. The second kappa shape index (κ2) is 4.89. The van der Waals surface area contributed by atoms with Crippen molar-refractivity contribution in [3.8, 4) is 0 Å². The minimum absolute atomic E-state index is 0.175. The predicted octanol–water partition coefficient (Wildman–Crippen LogP) is 0.919. The fourth-order valence-corrected chi connectivity index (χ4v) is 2.39. The fourth-order valence-electron chi connectivity index (χ4n) is 2.39. The van der Waals surface area contributed by atoms with Crippen molar-refractivity contribution in [1.29, 1.82) is 0 Å². The first-order valence-electron chi connectivity index (χ1n) is 6.47. The molecule has 0 saturated carbocycles. The van der Waals surface area contributed by atoms with E-state index in [1.54, 1.807) is 25.2 Å². The lowest BCUT2D eigenvalue weighted by Crippen LogP contribution is -2.40. The molecule has 2 aliphatic rings. The molecule has 1 aliphatic carbocycles. The monoisotopic (exact) mass is 270 g/mol. The third kappa shape index (κ3) is 1.99. The average Bonchev–Trinajstić information content (AvgIpc) is 2.47. The number of carbonyl (C=O) groups excluding carboxylic acids is 1. The van der Waals surface area contributed by atoms with Crippen molar-refractivity contribution in [3.63, 3.8) is 0 Å². The zero-order chi connectivity index (χ0) is 14.1. The molecule has 0 radical (unpaired) electrons. The molecule has 0 saturated heterocycles. The standard InChI is InChI=1S/C16H14O4/c1-2-19-16(18)15-12-6-4-3-5-11(12)13-9-10(17)7-8-14(13)20-15/h3-9,14,17H,2H2,1H3. The average molecular weight is 270 g/mol. The number of hydrogen-bond donors (Lipinski definition) is 1. The molecule has 1 atom stereocenters. The maximum absolute atomic E-state index is 12.0. The van der Waals surface area contributed by atoms with Gasteiger partial charge in [0.1, 0.15) is 11.9 Å². The Morgan fingerprint density at radius 3 is 2.85 bits per heavy atom. The highest BCUT2D eigenvalue weighted by Gasteiger charge is 2.26. The fraction of sp³-hybridized carbons (Fsp3) is 0.188. The van der Waals surface area contributed by atoms with E-state index in [9.17, 15) is 9.90 Å². The van der Waals surface area contributed by atoms with Crippen LogP contribution in [0, 0.1) is 0 Å². The molecule has 1 aromatic carbocycles. The molecule has 1 unspecified atom stereocenters. The largest absolute Gasteiger partial charge is 0.508 e. The number of esters is 1. The zero-order valence-electron chi connectivity index (χ0n) is 11.0. The number of benzene rings is 1. The van der Waals surface area contributed by atoms with Gasteiger partial charge in [-0.15, -0.1) is 0 Å². The molecule has 0 aromatic heterocycles. The second-order valence-corrected chi connectivity index (χ2v) is 4.52. The Morgan fingerprint density at radius 1 is 1.35 bits per heavy atom. The highest BCUT2D eigenvalue weighted by molar-refractivity contribution is 6.07. The Bertz CT molecular complexity index is 740. The van der Waals surface area contributed by atoms with Crippen molar-refractivity contribution in [2.75, 3.05) is 6.61 Å². The van der Waals surface area contributed by atoms with Crippen molar-refractivity contribution in [1.82, 2.24) is 0 Å². The molecule has 1 aromatic rings. The first-order valence-corrected chi connectivity index (χ1v) is 6.47. The lowest BCUT2D eigenvalue weighted by molar-refractivity contribution is -0.138. The van der Waals surface area contributed by atoms with Gasteiger partial charge in [-0.25, -0.2) is 4.79 Å². The van der Waals surface area contributed by atoms with Gasteiger partial charge in [-0.3, -0.25) is 0 Å². The Balaban J connectivity index is 2.29. The summed E-state index contributed by atoms with van der Waals surface area (Å²) in [6.45, 7) is 2.05. The summed E-state index contributed by atoms with van der Waals surface area (Å²) < 4.78 is 10.8. The van der Waals surface area contributed by atoms with Crippen molar-refractivity contribution >= 4 is 17.3 Å². The summed E-state index contributed by atoms with van der Waals surface area (Å²) in [5.41, 5.74) is 0.841. The number of ether oxygens (including phenoxy) is 2. The summed E-state index contributed by atoms with van der Waals surface area (Å²) in [5, 5.41) is 11.2. The number of hydrogen-bond acceptors (Lipinski definition) is 4. The molecule has 0 bridgehead atoms. The highest BCUT2D eigenvalue weighted by Crippen LogP contribution is 2.23. The summed E-state index contributed by atoms with van der Waals surface area (Å²) in [6, 6.07) is 7.45. The first-order chi connectivity index (χ1) is 9.70. The van der Waals surface area contributed by atoms with Gasteiger partial charge >= 0.3 is 5.97 Å². The van der Waals surface area contributed by atoms with E-state index >= 15 is 0 Å². The summed E-state index contributed by atoms with van der Waals surface area (Å²) in [6.07, 6.45) is 4.57. The summed E-state index contributed by atoms with van der Waals surface area (Å²) >= 11 is 0. The predicted molar refractivity (Wildman–Crippen MR) is 73.9 cm³/mol. The summed E-state index contributed by atoms with van der Waals surface area (Å²) in [5.74, 6) is -0.0731. The van der Waals surface area contributed by atoms with Crippen molar-refractivity contribution in [2.24, 2.45) is 0 Å². The van der Waals surface area contributed by atoms with Crippen LogP contribution in [0.5, 0.6) is 0 Å². The lowest BCUT2D eigenvalue weighted by atomic mass is 9.97. The van der Waals surface area contributed by atoms with E-state index in [0.29, 0.717) is 11.8 Å². The Morgan fingerprint density at radius 2 is 2.10 bits per heavy atom. The molecule has 3 rings (SSSR count). The number of fused-ring (bicyclic) bond motifs is 2. The third-order valence-electron chi connectivity index (χ3n) is 3.24. The molecular weight excluding hydrogens is 256 g/mol. The maximum Gasteiger partial charge on any atom is 0.374 e. The highest BCUT2D eigenvalue weighted by atomic mass is 16.6. The van der Waals surface area contributed by atoms with Crippen LogP contribution >= 0.6 is 0 Å². The number of rotatable bonds is 2. The van der Waals surface area contributed by atoms with Crippen molar-refractivity contribution in [3.05, 3.63) is 58.7 Å². The molecule has 0 fully saturated rings. The smallest absolute Gasteiger partial charge is 0.374 e. The Hall–Kier alpha value is -2.49.